The summed E-state index contributed by atoms with van der Waals surface area (Å²) in [6.45, 7) is 7.77. The van der Waals surface area contributed by atoms with Crippen molar-refractivity contribution in [2.75, 3.05) is 46.9 Å². The minimum Gasteiger partial charge on any atom is -0.378 e. The minimum atomic E-state index is 0.190. The zero-order valence-corrected chi connectivity index (χ0v) is 12.1. The van der Waals surface area contributed by atoms with Crippen molar-refractivity contribution >= 4 is 5.91 Å². The van der Waals surface area contributed by atoms with Crippen molar-refractivity contribution in [3.05, 3.63) is 0 Å². The van der Waals surface area contributed by atoms with E-state index in [1.807, 2.05) is 19.0 Å². The van der Waals surface area contributed by atoms with Crippen LogP contribution in [0.4, 0.5) is 0 Å². The quantitative estimate of drug-likeness (QED) is 0.638. The highest BCUT2D eigenvalue weighted by Crippen LogP contribution is 2.13. The molecule has 0 bridgehead atoms. The molecule has 0 radical (unpaired) electrons. The van der Waals surface area contributed by atoms with Gasteiger partial charge in [0.2, 0.25) is 5.91 Å². The highest BCUT2D eigenvalue weighted by atomic mass is 16.5. The summed E-state index contributed by atoms with van der Waals surface area (Å²) in [5.74, 6) is 0.780. The number of rotatable bonds is 8. The predicted octanol–water partition coefficient (Wildman–Crippen LogP) is 0.369. The van der Waals surface area contributed by atoms with Gasteiger partial charge in [-0.1, -0.05) is 13.8 Å². The van der Waals surface area contributed by atoms with E-state index in [9.17, 15) is 4.79 Å². The lowest BCUT2D eigenvalue weighted by Gasteiger charge is -2.25. The zero-order valence-electron chi connectivity index (χ0n) is 12.1. The number of amides is 1. The molecule has 0 spiro atoms. The third kappa shape index (κ3) is 5.33. The molecule has 106 valence electrons. The van der Waals surface area contributed by atoms with Crippen molar-refractivity contribution in [3.63, 3.8) is 0 Å². The molecule has 5 nitrogen and oxygen atoms in total. The topological polar surface area (TPSA) is 44.8 Å². The molecular formula is C13H27N3O2. The summed E-state index contributed by atoms with van der Waals surface area (Å²) in [6, 6.07) is 0. The van der Waals surface area contributed by atoms with Crippen LogP contribution in [0.5, 0.6) is 0 Å². The average molecular weight is 257 g/mol. The minimum absolute atomic E-state index is 0.190. The Morgan fingerprint density at radius 3 is 2.78 bits per heavy atom. The van der Waals surface area contributed by atoms with Gasteiger partial charge in [-0.15, -0.1) is 0 Å². The molecule has 1 amide bonds. The molecule has 18 heavy (non-hydrogen) atoms. The van der Waals surface area contributed by atoms with Crippen molar-refractivity contribution in [2.24, 2.45) is 5.92 Å². The molecule has 0 aromatic rings. The van der Waals surface area contributed by atoms with Crippen molar-refractivity contribution in [3.8, 4) is 0 Å². The van der Waals surface area contributed by atoms with Crippen LogP contribution in [0.15, 0.2) is 0 Å². The molecule has 0 aromatic carbocycles. The normalized spacial score (nSPS) is 20.4. The lowest BCUT2D eigenvalue weighted by Crippen LogP contribution is -2.40. The molecule has 1 aliphatic rings. The van der Waals surface area contributed by atoms with E-state index in [0.717, 1.165) is 19.6 Å². The van der Waals surface area contributed by atoms with Crippen LogP contribution in [0.2, 0.25) is 0 Å². The first kappa shape index (κ1) is 15.4. The molecule has 1 heterocycles. The van der Waals surface area contributed by atoms with Crippen LogP contribution >= 0.6 is 0 Å². The Kier molecular flexibility index (Phi) is 6.60. The summed E-state index contributed by atoms with van der Waals surface area (Å²) in [7, 11) is 4.05. The van der Waals surface area contributed by atoms with Crippen LogP contribution in [0.1, 0.15) is 20.3 Å². The second kappa shape index (κ2) is 7.71. The number of hydrogen-bond acceptors (Lipinski definition) is 4. The summed E-state index contributed by atoms with van der Waals surface area (Å²) in [4.78, 5) is 15.7. The summed E-state index contributed by atoms with van der Waals surface area (Å²) >= 11 is 0. The number of likely N-dealkylation sites (N-methyl/N-ethyl adjacent to an activating group) is 1. The van der Waals surface area contributed by atoms with E-state index in [1.54, 1.807) is 0 Å². The van der Waals surface area contributed by atoms with Crippen LogP contribution < -0.4 is 5.32 Å². The Morgan fingerprint density at radius 2 is 2.17 bits per heavy atom. The molecule has 0 saturated carbocycles. The van der Waals surface area contributed by atoms with Gasteiger partial charge >= 0.3 is 0 Å². The number of nitrogens with zero attached hydrogens (tertiary/aromatic N) is 2. The summed E-state index contributed by atoms with van der Waals surface area (Å²) in [5, 5.41) is 3.26. The van der Waals surface area contributed by atoms with E-state index in [1.165, 1.54) is 0 Å². The fourth-order valence-electron chi connectivity index (χ4n) is 2.04. The highest BCUT2D eigenvalue weighted by molar-refractivity contribution is 5.80. The second-order valence-electron chi connectivity index (χ2n) is 5.53. The molecule has 0 aromatic heterocycles. The maximum Gasteiger partial charge on any atom is 0.237 e. The summed E-state index contributed by atoms with van der Waals surface area (Å²) in [5.41, 5.74) is 0. The number of ether oxygens (including phenoxy) is 1. The van der Waals surface area contributed by atoms with Crippen LogP contribution in [0.25, 0.3) is 0 Å². The fourth-order valence-corrected chi connectivity index (χ4v) is 2.04. The Balaban J connectivity index is 2.23. The summed E-state index contributed by atoms with van der Waals surface area (Å²) < 4.78 is 5.54. The Labute approximate surface area is 110 Å². The van der Waals surface area contributed by atoms with Gasteiger partial charge < -0.3 is 14.5 Å². The van der Waals surface area contributed by atoms with Crippen molar-refractivity contribution in [1.29, 1.82) is 0 Å². The molecule has 1 fully saturated rings. The summed E-state index contributed by atoms with van der Waals surface area (Å²) in [6.07, 6.45) is 1.19. The van der Waals surface area contributed by atoms with Gasteiger partial charge in [0.25, 0.3) is 0 Å². The molecule has 1 rings (SSSR count). The highest BCUT2D eigenvalue weighted by Gasteiger charge is 2.30. The first-order valence-corrected chi connectivity index (χ1v) is 6.76. The molecule has 1 aliphatic heterocycles. The maximum absolute atomic E-state index is 11.7. The third-order valence-corrected chi connectivity index (χ3v) is 3.04. The molecule has 0 aliphatic carbocycles. The van der Waals surface area contributed by atoms with Crippen molar-refractivity contribution in [1.82, 2.24) is 15.1 Å². The molecule has 1 N–H and O–H groups in total. The third-order valence-electron chi connectivity index (χ3n) is 3.04. The first-order chi connectivity index (χ1) is 8.50. The molecule has 1 unspecified atom stereocenters. The van der Waals surface area contributed by atoms with Crippen LogP contribution in [-0.2, 0) is 9.53 Å². The van der Waals surface area contributed by atoms with Crippen molar-refractivity contribution in [2.45, 2.75) is 26.4 Å². The second-order valence-corrected chi connectivity index (χ2v) is 5.53. The van der Waals surface area contributed by atoms with E-state index in [2.05, 4.69) is 24.1 Å². The lowest BCUT2D eigenvalue weighted by molar-refractivity contribution is -0.128. The standard InChI is InChI=1S/C13H27N3O2/c1-11(2)9-12-14-10-13(17)16(12)6-8-18-7-5-15(3)4/h11-12,14H,5-10H2,1-4H3. The Bertz CT molecular complexity index is 257. The smallest absolute Gasteiger partial charge is 0.237 e. The molecule has 1 atom stereocenters. The molecule has 5 heteroatoms. The Morgan fingerprint density at radius 1 is 1.44 bits per heavy atom. The number of nitrogens with one attached hydrogen (secondary N) is 1. The van der Waals surface area contributed by atoms with E-state index in [-0.39, 0.29) is 12.1 Å². The van der Waals surface area contributed by atoms with E-state index in [4.69, 9.17) is 4.74 Å². The fraction of sp³-hybridized carbons (Fsp3) is 0.923. The zero-order chi connectivity index (χ0) is 13.5. The number of carbonyl (C=O) groups excluding carboxylic acids is 1. The van der Waals surface area contributed by atoms with Crippen LogP contribution in [0, 0.1) is 5.92 Å². The van der Waals surface area contributed by atoms with Gasteiger partial charge in [0.05, 0.1) is 25.9 Å². The molecule has 1 saturated heterocycles. The van der Waals surface area contributed by atoms with Gasteiger partial charge in [0.1, 0.15) is 0 Å². The van der Waals surface area contributed by atoms with Gasteiger partial charge in [-0.2, -0.15) is 0 Å². The van der Waals surface area contributed by atoms with Gasteiger partial charge in [-0.25, -0.2) is 0 Å². The largest absolute Gasteiger partial charge is 0.378 e. The van der Waals surface area contributed by atoms with Crippen molar-refractivity contribution < 1.29 is 9.53 Å². The first-order valence-electron chi connectivity index (χ1n) is 6.76. The monoisotopic (exact) mass is 257 g/mol. The number of hydrogen-bond donors (Lipinski definition) is 1. The van der Waals surface area contributed by atoms with Gasteiger partial charge in [-0.3, -0.25) is 10.1 Å². The average Bonchev–Trinajstić information content (AvgIpc) is 2.59. The Hall–Kier alpha value is -0.650. The van der Waals surface area contributed by atoms with Crippen LogP contribution in [0.3, 0.4) is 0 Å². The van der Waals surface area contributed by atoms with E-state index >= 15 is 0 Å². The van der Waals surface area contributed by atoms with E-state index in [0.29, 0.717) is 25.6 Å². The van der Waals surface area contributed by atoms with Gasteiger partial charge in [0, 0.05) is 13.1 Å². The molecular weight excluding hydrogens is 230 g/mol. The van der Waals surface area contributed by atoms with E-state index < -0.39 is 0 Å². The maximum atomic E-state index is 11.7. The van der Waals surface area contributed by atoms with Crippen LogP contribution in [-0.4, -0.2) is 68.8 Å². The number of carbonyl (C=O) groups is 1. The van der Waals surface area contributed by atoms with Gasteiger partial charge in [0.15, 0.2) is 0 Å². The van der Waals surface area contributed by atoms with Gasteiger partial charge in [-0.05, 0) is 26.4 Å². The lowest BCUT2D eigenvalue weighted by atomic mass is 10.1. The predicted molar refractivity (Wildman–Crippen MR) is 72.3 cm³/mol. The SMILES string of the molecule is CC(C)CC1NCC(=O)N1CCOCCN(C)C.